The van der Waals surface area contributed by atoms with E-state index in [2.05, 4.69) is 5.92 Å². The minimum atomic E-state index is -3.91. The van der Waals surface area contributed by atoms with Gasteiger partial charge in [-0.05, 0) is 33.6 Å². The Bertz CT molecular complexity index is 262. The number of hydrogen-bond acceptors (Lipinski definition) is 3. The summed E-state index contributed by atoms with van der Waals surface area (Å²) in [5, 5.41) is 0. The molecule has 0 aliphatic heterocycles. The molecule has 0 aliphatic carbocycles. The molecule has 0 aromatic carbocycles. The molecule has 1 atom stereocenters. The van der Waals surface area contributed by atoms with Crippen LogP contribution < -0.4 is 0 Å². The highest BCUT2D eigenvalue weighted by Crippen LogP contribution is 2.47. The first kappa shape index (κ1) is 14.7. The third-order valence-corrected chi connectivity index (χ3v) is 2.65. The summed E-state index contributed by atoms with van der Waals surface area (Å²) in [5.41, 5.74) is -0.691. The molecule has 4 nitrogen and oxygen atoms in total. The van der Waals surface area contributed by atoms with Gasteiger partial charge < -0.3 is 4.89 Å². The molecule has 0 rings (SSSR count). The van der Waals surface area contributed by atoms with Crippen LogP contribution in [0, 0.1) is 12.3 Å². The van der Waals surface area contributed by atoms with Gasteiger partial charge in [0.1, 0.15) is 0 Å². The third kappa shape index (κ3) is 9.96. The van der Waals surface area contributed by atoms with E-state index in [1.165, 1.54) is 0 Å². The zero-order chi connectivity index (χ0) is 11.9. The van der Waals surface area contributed by atoms with Gasteiger partial charge >= 0.3 is 7.82 Å². The molecule has 5 heteroatoms. The summed E-state index contributed by atoms with van der Waals surface area (Å²) < 4.78 is 21.0. The van der Waals surface area contributed by atoms with Crippen LogP contribution >= 0.6 is 7.82 Å². The molecule has 0 amide bonds. The maximum absolute atomic E-state index is 11.3. The Morgan fingerprint density at radius 2 is 2.00 bits per heavy atom. The highest BCUT2D eigenvalue weighted by atomic mass is 31.2. The van der Waals surface area contributed by atoms with Gasteiger partial charge in [-0.15, -0.1) is 12.3 Å². The fourth-order valence-electron chi connectivity index (χ4n) is 0.881. The standard InChI is InChI=1S/C10H19O4P/c1-5-6-7-8-9-13-15(11,12)14-10(2,3)4/h1H,6-9H2,2-4H3,(H,11,12). The maximum Gasteiger partial charge on any atom is 0.472 e. The van der Waals surface area contributed by atoms with Crippen molar-refractivity contribution < 1.29 is 18.5 Å². The first-order valence-electron chi connectivity index (χ1n) is 4.88. The van der Waals surface area contributed by atoms with Crippen LogP contribution in [0.4, 0.5) is 0 Å². The molecule has 88 valence electrons. The van der Waals surface area contributed by atoms with Crippen LogP contribution in [-0.4, -0.2) is 17.1 Å². The summed E-state index contributed by atoms with van der Waals surface area (Å²) in [4.78, 5) is 9.28. The summed E-state index contributed by atoms with van der Waals surface area (Å²) in [5.74, 6) is 2.49. The Kier molecular flexibility index (Phi) is 6.16. The molecule has 0 saturated carbocycles. The molecule has 0 spiro atoms. The van der Waals surface area contributed by atoms with Crippen molar-refractivity contribution in [2.24, 2.45) is 0 Å². The van der Waals surface area contributed by atoms with Crippen LogP contribution in [0.2, 0.25) is 0 Å². The topological polar surface area (TPSA) is 55.8 Å². The third-order valence-electron chi connectivity index (χ3n) is 1.36. The Morgan fingerprint density at radius 3 is 2.47 bits per heavy atom. The monoisotopic (exact) mass is 234 g/mol. The number of terminal acetylenes is 1. The summed E-state index contributed by atoms with van der Waals surface area (Å²) >= 11 is 0. The normalized spacial score (nSPS) is 15.7. The molecule has 0 aromatic rings. The number of unbranched alkanes of at least 4 members (excludes halogenated alkanes) is 2. The Morgan fingerprint density at radius 1 is 1.40 bits per heavy atom. The van der Waals surface area contributed by atoms with E-state index in [1.807, 2.05) is 0 Å². The maximum atomic E-state index is 11.3. The van der Waals surface area contributed by atoms with Crippen LogP contribution in [-0.2, 0) is 13.6 Å². The second kappa shape index (κ2) is 6.30. The van der Waals surface area contributed by atoms with Gasteiger partial charge in [-0.3, -0.25) is 9.05 Å². The zero-order valence-electron chi connectivity index (χ0n) is 9.52. The van der Waals surface area contributed by atoms with Gasteiger partial charge in [-0.25, -0.2) is 4.57 Å². The molecule has 1 N–H and O–H groups in total. The van der Waals surface area contributed by atoms with Gasteiger partial charge in [0.25, 0.3) is 0 Å². The van der Waals surface area contributed by atoms with E-state index in [0.717, 1.165) is 6.42 Å². The highest BCUT2D eigenvalue weighted by molar-refractivity contribution is 7.47. The van der Waals surface area contributed by atoms with Gasteiger partial charge in [0.15, 0.2) is 0 Å². The van der Waals surface area contributed by atoms with Crippen molar-refractivity contribution >= 4 is 7.82 Å². The van der Waals surface area contributed by atoms with Gasteiger partial charge in [0.2, 0.25) is 0 Å². The van der Waals surface area contributed by atoms with E-state index in [0.29, 0.717) is 12.8 Å². The lowest BCUT2D eigenvalue weighted by atomic mass is 10.2. The van der Waals surface area contributed by atoms with Crippen molar-refractivity contribution in [2.45, 2.75) is 45.6 Å². The molecule has 0 saturated heterocycles. The van der Waals surface area contributed by atoms with Crippen molar-refractivity contribution in [3.05, 3.63) is 0 Å². The average molecular weight is 234 g/mol. The van der Waals surface area contributed by atoms with E-state index in [1.54, 1.807) is 20.8 Å². The van der Waals surface area contributed by atoms with E-state index in [4.69, 9.17) is 15.5 Å². The smallest absolute Gasteiger partial charge is 0.302 e. The van der Waals surface area contributed by atoms with Gasteiger partial charge in [0, 0.05) is 6.42 Å². The molecular formula is C10H19O4P. The largest absolute Gasteiger partial charge is 0.472 e. The van der Waals surface area contributed by atoms with Crippen molar-refractivity contribution in [1.82, 2.24) is 0 Å². The van der Waals surface area contributed by atoms with Crippen molar-refractivity contribution in [1.29, 1.82) is 0 Å². The van der Waals surface area contributed by atoms with Crippen LogP contribution in [0.5, 0.6) is 0 Å². The van der Waals surface area contributed by atoms with Gasteiger partial charge in [-0.2, -0.15) is 0 Å². The molecule has 0 radical (unpaired) electrons. The minimum absolute atomic E-state index is 0.186. The Balaban J connectivity index is 3.76. The number of phosphoric acid groups is 1. The van der Waals surface area contributed by atoms with E-state index < -0.39 is 13.4 Å². The van der Waals surface area contributed by atoms with Gasteiger partial charge in [0.05, 0.1) is 12.2 Å². The van der Waals surface area contributed by atoms with E-state index >= 15 is 0 Å². The van der Waals surface area contributed by atoms with Crippen molar-refractivity contribution in [3.63, 3.8) is 0 Å². The molecule has 0 fully saturated rings. The zero-order valence-corrected chi connectivity index (χ0v) is 10.4. The quantitative estimate of drug-likeness (QED) is 0.436. The number of hydrogen-bond donors (Lipinski definition) is 1. The first-order valence-corrected chi connectivity index (χ1v) is 6.38. The molecular weight excluding hydrogens is 215 g/mol. The molecule has 0 heterocycles. The average Bonchev–Trinajstić information content (AvgIpc) is 1.99. The lowest BCUT2D eigenvalue weighted by Gasteiger charge is -2.22. The Labute approximate surface area is 91.6 Å². The van der Waals surface area contributed by atoms with Crippen molar-refractivity contribution in [2.75, 3.05) is 6.61 Å². The number of phosphoric ester groups is 1. The second-order valence-corrected chi connectivity index (χ2v) is 5.54. The van der Waals surface area contributed by atoms with Crippen LogP contribution in [0.1, 0.15) is 40.0 Å². The molecule has 0 aromatic heterocycles. The van der Waals surface area contributed by atoms with Crippen LogP contribution in [0.15, 0.2) is 0 Å². The Hall–Kier alpha value is -0.330. The summed E-state index contributed by atoms with van der Waals surface area (Å²) in [6.07, 6.45) is 7.15. The molecule has 0 bridgehead atoms. The fraction of sp³-hybridized carbons (Fsp3) is 0.800. The first-order chi connectivity index (χ1) is 6.77. The SMILES string of the molecule is C#CCCCCOP(=O)(O)OC(C)(C)C. The van der Waals surface area contributed by atoms with Crippen LogP contribution in [0.3, 0.4) is 0 Å². The van der Waals surface area contributed by atoms with Crippen LogP contribution in [0.25, 0.3) is 0 Å². The summed E-state index contributed by atoms with van der Waals surface area (Å²) in [6.45, 7) is 5.26. The molecule has 15 heavy (non-hydrogen) atoms. The van der Waals surface area contributed by atoms with Crippen molar-refractivity contribution in [3.8, 4) is 12.3 Å². The van der Waals surface area contributed by atoms with E-state index in [9.17, 15) is 9.46 Å². The van der Waals surface area contributed by atoms with Gasteiger partial charge in [-0.1, -0.05) is 0 Å². The minimum Gasteiger partial charge on any atom is -0.302 e. The fourth-order valence-corrected chi connectivity index (χ4v) is 1.99. The second-order valence-electron chi connectivity index (χ2n) is 4.17. The molecule has 1 unspecified atom stereocenters. The lowest BCUT2D eigenvalue weighted by molar-refractivity contribution is 0.0612. The van der Waals surface area contributed by atoms with E-state index in [-0.39, 0.29) is 6.61 Å². The summed E-state index contributed by atoms with van der Waals surface area (Å²) in [7, 11) is -3.91. The summed E-state index contributed by atoms with van der Waals surface area (Å²) in [6, 6.07) is 0. The predicted octanol–water partition coefficient (Wildman–Crippen LogP) is 2.72. The highest BCUT2D eigenvalue weighted by Gasteiger charge is 2.28. The predicted molar refractivity (Wildman–Crippen MR) is 59.3 cm³/mol. The number of rotatable bonds is 6. The lowest BCUT2D eigenvalue weighted by Crippen LogP contribution is -2.18. The molecule has 0 aliphatic rings.